The van der Waals surface area contributed by atoms with Gasteiger partial charge in [0.1, 0.15) is 5.82 Å². The van der Waals surface area contributed by atoms with Crippen molar-refractivity contribution in [1.29, 1.82) is 0 Å². The van der Waals surface area contributed by atoms with Crippen LogP contribution in [0.4, 0.5) is 5.69 Å². The van der Waals surface area contributed by atoms with Gasteiger partial charge in [0, 0.05) is 17.8 Å². The summed E-state index contributed by atoms with van der Waals surface area (Å²) in [5.41, 5.74) is 13.4. The largest absolute Gasteiger partial charge is 0.369 e. The van der Waals surface area contributed by atoms with Crippen LogP contribution in [-0.2, 0) is 13.5 Å². The molecular weight excluding hydrogens is 759 g/mol. The zero-order valence-corrected chi connectivity index (χ0v) is 34.6. The first-order valence-electron chi connectivity index (χ1n) is 17.1. The minimum atomic E-state index is -1.52. The third-order valence-corrected chi connectivity index (χ3v) is 13.3. The predicted octanol–water partition coefficient (Wildman–Crippen LogP) is 11.6. The fourth-order valence-electron chi connectivity index (χ4n) is 7.27. The normalized spacial score (nSPS) is 17.1. The molecule has 1 atom stereocenters. The molecular formula is C44H49Cl2N2PRu. The zero-order chi connectivity index (χ0) is 35.9. The van der Waals surface area contributed by atoms with Crippen molar-refractivity contribution < 1.29 is 13.5 Å². The van der Waals surface area contributed by atoms with Crippen molar-refractivity contribution in [3.63, 3.8) is 0 Å². The van der Waals surface area contributed by atoms with Crippen molar-refractivity contribution in [2.75, 3.05) is 11.4 Å². The van der Waals surface area contributed by atoms with Crippen LogP contribution in [-0.4, -0.2) is 11.2 Å². The van der Waals surface area contributed by atoms with E-state index in [0.29, 0.717) is 0 Å². The Bertz CT molecular complexity index is 1880. The van der Waals surface area contributed by atoms with Crippen LogP contribution in [0.2, 0.25) is 0 Å². The van der Waals surface area contributed by atoms with Crippen LogP contribution in [0.5, 0.6) is 0 Å². The van der Waals surface area contributed by atoms with Gasteiger partial charge < -0.3 is 10.2 Å². The monoisotopic (exact) mass is 808 g/mol. The molecule has 262 valence electrons. The molecule has 50 heavy (non-hydrogen) atoms. The zero-order valence-electron chi connectivity index (χ0n) is 30.5. The molecule has 2 nitrogen and oxygen atoms in total. The second kappa shape index (κ2) is 17.4. The smallest absolute Gasteiger partial charge is 0.111 e. The molecule has 1 aliphatic carbocycles. The van der Waals surface area contributed by atoms with Crippen LogP contribution in [0.1, 0.15) is 65.3 Å². The number of anilines is 1. The van der Waals surface area contributed by atoms with Crippen molar-refractivity contribution in [3.8, 4) is 0 Å². The van der Waals surface area contributed by atoms with Crippen molar-refractivity contribution >= 4 is 48.2 Å². The molecule has 1 N–H and O–H groups in total. The second-order valence-corrected chi connectivity index (χ2v) is 21.4. The average Bonchev–Trinajstić information content (AvgIpc) is 3.48. The van der Waals surface area contributed by atoms with Gasteiger partial charge in [0.05, 0.1) is 6.04 Å². The van der Waals surface area contributed by atoms with Gasteiger partial charge in [-0.25, -0.2) is 0 Å². The number of nitrogens with one attached hydrogen (secondary N) is 1. The van der Waals surface area contributed by atoms with E-state index in [9.17, 15) is 0 Å². The van der Waals surface area contributed by atoms with E-state index in [2.05, 4.69) is 155 Å². The molecule has 0 radical (unpaired) electrons. The summed E-state index contributed by atoms with van der Waals surface area (Å²) in [6, 6.07) is 31.7. The molecule has 0 bridgehead atoms. The molecule has 4 aromatic rings. The summed E-state index contributed by atoms with van der Waals surface area (Å²) in [4.78, 5) is 2.65. The van der Waals surface area contributed by atoms with Gasteiger partial charge in [-0.2, -0.15) is 0 Å². The van der Waals surface area contributed by atoms with E-state index in [1.54, 1.807) is 0 Å². The number of halogens is 2. The topological polar surface area (TPSA) is 15.3 Å². The predicted molar refractivity (Wildman–Crippen MR) is 220 cm³/mol. The van der Waals surface area contributed by atoms with Crippen LogP contribution in [0.25, 0.3) is 0 Å². The van der Waals surface area contributed by atoms with E-state index >= 15 is 0 Å². The Hall–Kier alpha value is -3.06. The molecule has 0 aromatic heterocycles. The van der Waals surface area contributed by atoms with E-state index in [0.717, 1.165) is 13.0 Å². The molecule has 0 saturated carbocycles. The molecule has 0 spiro atoms. The molecule has 2 aliphatic rings. The Morgan fingerprint density at radius 2 is 1.30 bits per heavy atom. The summed E-state index contributed by atoms with van der Waals surface area (Å²) in [5, 5.41) is 8.18. The fourth-order valence-corrected chi connectivity index (χ4v) is 11.1. The van der Waals surface area contributed by atoms with Gasteiger partial charge in [0.2, 0.25) is 0 Å². The Labute approximate surface area is 314 Å². The van der Waals surface area contributed by atoms with E-state index in [1.165, 1.54) is 77.5 Å². The summed E-state index contributed by atoms with van der Waals surface area (Å²) in [5.74, 6) is 1.25. The van der Waals surface area contributed by atoms with Gasteiger partial charge in [-0.05, 0) is 99.6 Å². The molecule has 1 fully saturated rings. The van der Waals surface area contributed by atoms with Gasteiger partial charge in [-0.1, -0.05) is 114 Å². The molecule has 1 heterocycles. The van der Waals surface area contributed by atoms with Crippen LogP contribution in [0.3, 0.4) is 0 Å². The maximum absolute atomic E-state index is 5.53. The Morgan fingerprint density at radius 3 is 1.78 bits per heavy atom. The van der Waals surface area contributed by atoms with Crippen molar-refractivity contribution in [3.05, 3.63) is 170 Å². The first-order valence-corrected chi connectivity index (χ1v) is 23.9. The summed E-state index contributed by atoms with van der Waals surface area (Å²) in [7, 11) is 10.3. The first kappa shape index (κ1) is 38.2. The van der Waals surface area contributed by atoms with Crippen LogP contribution in [0.15, 0.2) is 132 Å². The van der Waals surface area contributed by atoms with Crippen LogP contribution < -0.4 is 20.8 Å². The minimum absolute atomic E-state index is 0.208. The third-order valence-electron chi connectivity index (χ3n) is 9.02. The molecule has 1 aliphatic heterocycles. The maximum Gasteiger partial charge on any atom is 0.111 e. The maximum atomic E-state index is 5.53. The van der Waals surface area contributed by atoms with E-state index in [-0.39, 0.29) is 6.04 Å². The van der Waals surface area contributed by atoms with Gasteiger partial charge in [0.25, 0.3) is 0 Å². The minimum Gasteiger partial charge on any atom is -0.369 e. The number of allylic oxidation sites excluding steroid dienone is 7. The number of hydrogen-bond acceptors (Lipinski definition) is 2. The number of benzene rings is 4. The van der Waals surface area contributed by atoms with Gasteiger partial charge in [-0.3, -0.25) is 0 Å². The van der Waals surface area contributed by atoms with Crippen molar-refractivity contribution in [2.24, 2.45) is 0 Å². The van der Waals surface area contributed by atoms with Gasteiger partial charge in [-0.15, -0.1) is 0 Å². The van der Waals surface area contributed by atoms with E-state index in [4.69, 9.17) is 19.4 Å². The average molecular weight is 809 g/mol. The van der Waals surface area contributed by atoms with Crippen LogP contribution in [0, 0.1) is 41.5 Å². The summed E-state index contributed by atoms with van der Waals surface area (Å²) < 4.78 is 1.88. The Kier molecular flexibility index (Phi) is 13.3. The molecule has 1 unspecified atom stereocenters. The van der Waals surface area contributed by atoms with E-state index in [1.807, 2.05) is 24.5 Å². The number of aryl methyl sites for hydroxylation is 6. The molecule has 4 aromatic carbocycles. The Balaban J connectivity index is 0.000000544. The molecule has 6 rings (SSSR count). The summed E-state index contributed by atoms with van der Waals surface area (Å²) in [6.07, 6.45) is 9.82. The number of hydrogen-bond donors (Lipinski definition) is 1. The quantitative estimate of drug-likeness (QED) is 0.154. The number of rotatable bonds is 6. The molecule has 0 amide bonds. The first-order chi connectivity index (χ1) is 24.0. The SMILES string of the molecule is CC(C)=C[CH]=[Ru]([Cl])[Cl].Cc1cc(C)c(C2CNC(=C3CC=CC=C3P(c3ccccc3)c3ccccc3)N2c2c(C)cc(C)cc2C)c(C)c1. The van der Waals surface area contributed by atoms with E-state index < -0.39 is 21.4 Å². The molecule has 1 saturated heterocycles. The van der Waals surface area contributed by atoms with Crippen LogP contribution >= 0.6 is 27.3 Å². The second-order valence-electron chi connectivity index (χ2n) is 13.4. The van der Waals surface area contributed by atoms with Gasteiger partial charge >= 0.3 is 63.0 Å². The summed E-state index contributed by atoms with van der Waals surface area (Å²) in [6.45, 7) is 18.4. The third kappa shape index (κ3) is 9.05. The Morgan fingerprint density at radius 1 is 0.780 bits per heavy atom. The van der Waals surface area contributed by atoms with Gasteiger partial charge in [0.15, 0.2) is 0 Å². The van der Waals surface area contributed by atoms with Crippen molar-refractivity contribution in [2.45, 2.75) is 67.9 Å². The van der Waals surface area contributed by atoms with Crippen molar-refractivity contribution in [1.82, 2.24) is 5.32 Å². The fraction of sp³-hybridized carbons (Fsp3) is 0.250. The standard InChI is InChI=1S/C39H41N2P.C5H8.2ClH.Ru/c1-26-21-28(3)37(29(4)22-26)35-25-40-39(41(35)38-30(5)23-27(2)24-31(38)6)34-19-13-14-20-36(34)42(32-15-9-7-10-16-32)33-17-11-8-12-18-33;1-4-5(2)3;;;/h7-18,20-24,35,40H,19,25H2,1-6H3;1,4H,2-3H3;2*1H;/q;;;;+2/p-2. The number of nitrogens with zero attached hydrogens (tertiary/aromatic N) is 1. The molecule has 6 heteroatoms. The summed E-state index contributed by atoms with van der Waals surface area (Å²) >= 11 is -1.52.